The molecule has 3 heteroatoms. The first-order chi connectivity index (χ1) is 10.3. The molecule has 2 aromatic carbocycles. The van der Waals surface area contributed by atoms with Crippen LogP contribution in [0, 0.1) is 0 Å². The van der Waals surface area contributed by atoms with Crippen molar-refractivity contribution in [1.29, 1.82) is 0 Å². The Bertz CT molecular complexity index is 727. The summed E-state index contributed by atoms with van der Waals surface area (Å²) in [5.74, 6) is 1.44. The van der Waals surface area contributed by atoms with Crippen molar-refractivity contribution < 1.29 is 9.52 Å². The van der Waals surface area contributed by atoms with E-state index in [9.17, 15) is 0 Å². The standard InChI is InChI=1S/C18H19NO2/c1-13(19-11-15-9-10-16(12-20)21-15)17-8-4-6-14-5-2-3-7-18(14)17/h2-10,13,19-20H,11-12H2,1H3. The molecule has 1 heterocycles. The summed E-state index contributed by atoms with van der Waals surface area (Å²) in [6, 6.07) is 18.7. The summed E-state index contributed by atoms with van der Waals surface area (Å²) in [7, 11) is 0. The fraction of sp³-hybridized carbons (Fsp3) is 0.222. The van der Waals surface area contributed by atoms with Crippen molar-refractivity contribution in [3.8, 4) is 0 Å². The number of nitrogens with one attached hydrogen (secondary N) is 1. The van der Waals surface area contributed by atoms with Gasteiger partial charge in [0.1, 0.15) is 18.1 Å². The summed E-state index contributed by atoms with van der Waals surface area (Å²) in [5, 5.41) is 15.0. The van der Waals surface area contributed by atoms with Crippen LogP contribution < -0.4 is 5.32 Å². The molecule has 1 unspecified atom stereocenters. The van der Waals surface area contributed by atoms with E-state index in [0.717, 1.165) is 5.76 Å². The van der Waals surface area contributed by atoms with Crippen molar-refractivity contribution >= 4 is 10.8 Å². The van der Waals surface area contributed by atoms with Gasteiger partial charge in [-0.2, -0.15) is 0 Å². The average Bonchev–Trinajstić information content (AvgIpc) is 3.00. The molecule has 0 saturated heterocycles. The molecule has 1 aromatic heterocycles. The van der Waals surface area contributed by atoms with Crippen LogP contribution in [-0.2, 0) is 13.2 Å². The maximum atomic E-state index is 9.01. The fourth-order valence-corrected chi connectivity index (χ4v) is 2.59. The molecule has 0 saturated carbocycles. The van der Waals surface area contributed by atoms with Crippen LogP contribution >= 0.6 is 0 Å². The Morgan fingerprint density at radius 1 is 1.00 bits per heavy atom. The number of rotatable bonds is 5. The highest BCUT2D eigenvalue weighted by Crippen LogP contribution is 2.24. The third kappa shape index (κ3) is 2.99. The van der Waals surface area contributed by atoms with E-state index in [1.165, 1.54) is 16.3 Å². The van der Waals surface area contributed by atoms with Gasteiger partial charge >= 0.3 is 0 Å². The fourth-order valence-electron chi connectivity index (χ4n) is 2.59. The lowest BCUT2D eigenvalue weighted by Crippen LogP contribution is -2.18. The predicted molar refractivity (Wildman–Crippen MR) is 83.8 cm³/mol. The van der Waals surface area contributed by atoms with Crippen LogP contribution in [0.5, 0.6) is 0 Å². The third-order valence-electron chi connectivity index (χ3n) is 3.75. The van der Waals surface area contributed by atoms with Crippen LogP contribution in [0.1, 0.15) is 30.0 Å². The minimum Gasteiger partial charge on any atom is -0.462 e. The molecule has 3 rings (SSSR count). The Hall–Kier alpha value is -2.10. The normalized spacial score (nSPS) is 12.7. The summed E-state index contributed by atoms with van der Waals surface area (Å²) in [6.07, 6.45) is 0. The van der Waals surface area contributed by atoms with E-state index in [4.69, 9.17) is 9.52 Å². The molecule has 0 spiro atoms. The first-order valence-electron chi connectivity index (χ1n) is 7.17. The summed E-state index contributed by atoms with van der Waals surface area (Å²) in [6.45, 7) is 2.74. The van der Waals surface area contributed by atoms with E-state index in [-0.39, 0.29) is 12.6 Å². The van der Waals surface area contributed by atoms with Crippen molar-refractivity contribution in [1.82, 2.24) is 5.32 Å². The highest BCUT2D eigenvalue weighted by Gasteiger charge is 2.09. The van der Waals surface area contributed by atoms with Gasteiger partial charge in [-0.1, -0.05) is 42.5 Å². The van der Waals surface area contributed by atoms with E-state index in [0.29, 0.717) is 12.3 Å². The highest BCUT2D eigenvalue weighted by atomic mass is 16.4. The van der Waals surface area contributed by atoms with Crippen LogP contribution in [0.3, 0.4) is 0 Å². The van der Waals surface area contributed by atoms with Gasteiger partial charge in [-0.15, -0.1) is 0 Å². The van der Waals surface area contributed by atoms with Gasteiger partial charge in [-0.05, 0) is 35.4 Å². The first-order valence-corrected chi connectivity index (χ1v) is 7.17. The van der Waals surface area contributed by atoms with E-state index >= 15 is 0 Å². The minimum atomic E-state index is -0.0567. The molecule has 0 radical (unpaired) electrons. The maximum absolute atomic E-state index is 9.01. The number of fused-ring (bicyclic) bond motifs is 1. The Balaban J connectivity index is 1.76. The van der Waals surface area contributed by atoms with E-state index in [1.54, 1.807) is 6.07 Å². The molecule has 21 heavy (non-hydrogen) atoms. The van der Waals surface area contributed by atoms with Gasteiger partial charge in [0.05, 0.1) is 6.54 Å². The largest absolute Gasteiger partial charge is 0.462 e. The molecule has 108 valence electrons. The van der Waals surface area contributed by atoms with Gasteiger partial charge in [0, 0.05) is 6.04 Å². The Morgan fingerprint density at radius 3 is 2.57 bits per heavy atom. The zero-order chi connectivity index (χ0) is 14.7. The molecule has 0 aliphatic heterocycles. The summed E-state index contributed by atoms with van der Waals surface area (Å²) in [4.78, 5) is 0. The lowest BCUT2D eigenvalue weighted by atomic mass is 10.00. The maximum Gasteiger partial charge on any atom is 0.129 e. The second kappa shape index (κ2) is 6.12. The molecule has 1 atom stereocenters. The van der Waals surface area contributed by atoms with Crippen molar-refractivity contribution in [2.45, 2.75) is 26.1 Å². The molecule has 0 fully saturated rings. The quantitative estimate of drug-likeness (QED) is 0.748. The van der Waals surface area contributed by atoms with Gasteiger partial charge in [-0.25, -0.2) is 0 Å². The Kier molecular flexibility index (Phi) is 4.04. The molecule has 0 bridgehead atoms. The number of aliphatic hydroxyl groups excluding tert-OH is 1. The molecule has 3 aromatic rings. The number of furan rings is 1. The molecule has 0 aliphatic rings. The van der Waals surface area contributed by atoms with E-state index in [2.05, 4.69) is 54.7 Å². The monoisotopic (exact) mass is 281 g/mol. The van der Waals surface area contributed by atoms with Crippen LogP contribution in [0.2, 0.25) is 0 Å². The smallest absolute Gasteiger partial charge is 0.129 e. The molecule has 0 amide bonds. The zero-order valence-electron chi connectivity index (χ0n) is 12.0. The molecular weight excluding hydrogens is 262 g/mol. The van der Waals surface area contributed by atoms with Crippen molar-refractivity contribution in [3.63, 3.8) is 0 Å². The molecule has 2 N–H and O–H groups in total. The van der Waals surface area contributed by atoms with E-state index in [1.807, 2.05) is 6.07 Å². The van der Waals surface area contributed by atoms with Gasteiger partial charge in [0.15, 0.2) is 0 Å². The number of hydrogen-bond acceptors (Lipinski definition) is 3. The molecule has 0 aliphatic carbocycles. The topological polar surface area (TPSA) is 45.4 Å². The molecular formula is C18H19NO2. The lowest BCUT2D eigenvalue weighted by Gasteiger charge is -2.16. The summed E-state index contributed by atoms with van der Waals surface area (Å²) < 4.78 is 5.49. The van der Waals surface area contributed by atoms with Crippen molar-refractivity contribution in [2.75, 3.05) is 0 Å². The van der Waals surface area contributed by atoms with Crippen LogP contribution in [0.4, 0.5) is 0 Å². The summed E-state index contributed by atoms with van der Waals surface area (Å²) >= 11 is 0. The van der Waals surface area contributed by atoms with Gasteiger partial charge in [0.25, 0.3) is 0 Å². The minimum absolute atomic E-state index is 0.0567. The molecule has 3 nitrogen and oxygen atoms in total. The van der Waals surface area contributed by atoms with Gasteiger partial charge in [-0.3, -0.25) is 0 Å². The Morgan fingerprint density at radius 2 is 1.76 bits per heavy atom. The van der Waals surface area contributed by atoms with Crippen molar-refractivity contribution in [3.05, 3.63) is 71.7 Å². The predicted octanol–water partition coefficient (Wildman–Crippen LogP) is 3.78. The summed E-state index contributed by atoms with van der Waals surface area (Å²) in [5.41, 5.74) is 1.28. The highest BCUT2D eigenvalue weighted by molar-refractivity contribution is 5.86. The van der Waals surface area contributed by atoms with Crippen LogP contribution in [-0.4, -0.2) is 5.11 Å². The zero-order valence-corrected chi connectivity index (χ0v) is 12.0. The lowest BCUT2D eigenvalue weighted by molar-refractivity contribution is 0.242. The number of hydrogen-bond donors (Lipinski definition) is 2. The first kappa shape index (κ1) is 13.9. The van der Waals surface area contributed by atoms with Gasteiger partial charge < -0.3 is 14.8 Å². The third-order valence-corrected chi connectivity index (χ3v) is 3.75. The number of aliphatic hydroxyl groups is 1. The van der Waals surface area contributed by atoms with Gasteiger partial charge in [0.2, 0.25) is 0 Å². The SMILES string of the molecule is CC(NCc1ccc(CO)o1)c1cccc2ccccc12. The second-order valence-electron chi connectivity index (χ2n) is 5.20. The average molecular weight is 281 g/mol. The van der Waals surface area contributed by atoms with Crippen molar-refractivity contribution in [2.24, 2.45) is 0 Å². The second-order valence-corrected chi connectivity index (χ2v) is 5.20. The van der Waals surface area contributed by atoms with Crippen LogP contribution in [0.25, 0.3) is 10.8 Å². The van der Waals surface area contributed by atoms with E-state index < -0.39 is 0 Å². The Labute approximate surface area is 124 Å². The number of benzene rings is 2. The van der Waals surface area contributed by atoms with Crippen LogP contribution in [0.15, 0.2) is 59.0 Å².